The molecule has 0 radical (unpaired) electrons. The van der Waals surface area contributed by atoms with Crippen LogP contribution in [0.25, 0.3) is 10.4 Å². The Balaban J connectivity index is 2.18. The SMILES string of the molecule is CNC(=O)c1nc(C(=O)N2CCC[C@@H]2C)c(-c2cnc(NC(C)(C)C)cc2C(F)(F)F)s1. The highest BCUT2D eigenvalue weighted by Crippen LogP contribution is 2.42. The monoisotopic (exact) mass is 469 g/mol. The summed E-state index contributed by atoms with van der Waals surface area (Å²) in [7, 11) is 1.39. The second-order valence-electron chi connectivity index (χ2n) is 8.75. The molecule has 32 heavy (non-hydrogen) atoms. The first-order chi connectivity index (χ1) is 14.8. The van der Waals surface area contributed by atoms with E-state index in [1.54, 1.807) is 4.90 Å². The Morgan fingerprint density at radius 1 is 1.25 bits per heavy atom. The molecule has 0 aromatic carbocycles. The lowest BCUT2D eigenvalue weighted by atomic mass is 10.1. The number of aromatic nitrogens is 2. The van der Waals surface area contributed by atoms with Gasteiger partial charge in [-0.1, -0.05) is 0 Å². The van der Waals surface area contributed by atoms with Crippen molar-refractivity contribution in [2.45, 2.75) is 58.3 Å². The molecule has 1 aliphatic rings. The molecule has 3 heterocycles. The Morgan fingerprint density at radius 3 is 2.47 bits per heavy atom. The number of anilines is 1. The van der Waals surface area contributed by atoms with Crippen LogP contribution in [0.4, 0.5) is 19.0 Å². The number of carbonyl (C=O) groups excluding carboxylic acids is 2. The van der Waals surface area contributed by atoms with Crippen molar-refractivity contribution in [2.24, 2.45) is 0 Å². The first kappa shape index (κ1) is 24.0. The van der Waals surface area contributed by atoms with E-state index in [9.17, 15) is 22.8 Å². The van der Waals surface area contributed by atoms with E-state index in [0.717, 1.165) is 36.4 Å². The van der Waals surface area contributed by atoms with E-state index in [1.165, 1.54) is 7.05 Å². The highest BCUT2D eigenvalue weighted by molar-refractivity contribution is 7.17. The number of alkyl halides is 3. The molecule has 0 spiro atoms. The summed E-state index contributed by atoms with van der Waals surface area (Å²) in [6.07, 6.45) is -2.01. The number of nitrogens with zero attached hydrogens (tertiary/aromatic N) is 3. The molecule has 0 bridgehead atoms. The predicted octanol–water partition coefficient (Wildman–Crippen LogP) is 4.42. The average Bonchev–Trinajstić information content (AvgIpc) is 3.31. The summed E-state index contributed by atoms with van der Waals surface area (Å²) in [6, 6.07) is 0.867. The first-order valence-electron chi connectivity index (χ1n) is 10.2. The van der Waals surface area contributed by atoms with E-state index in [2.05, 4.69) is 20.6 Å². The number of thiazole rings is 1. The van der Waals surface area contributed by atoms with Crippen molar-refractivity contribution < 1.29 is 22.8 Å². The Labute approximate surface area is 188 Å². The van der Waals surface area contributed by atoms with Crippen LogP contribution >= 0.6 is 11.3 Å². The highest BCUT2D eigenvalue weighted by atomic mass is 32.1. The molecule has 0 unspecified atom stereocenters. The summed E-state index contributed by atoms with van der Waals surface area (Å²) in [5.74, 6) is -0.996. The lowest BCUT2D eigenvalue weighted by Gasteiger charge is -2.23. The van der Waals surface area contributed by atoms with Gasteiger partial charge in [-0.3, -0.25) is 9.59 Å². The van der Waals surface area contributed by atoms with Gasteiger partial charge in [0.1, 0.15) is 11.5 Å². The molecule has 1 saturated heterocycles. The summed E-state index contributed by atoms with van der Waals surface area (Å²) in [6.45, 7) is 7.80. The third-order valence-electron chi connectivity index (χ3n) is 5.02. The summed E-state index contributed by atoms with van der Waals surface area (Å²) in [5.41, 5.74) is -1.89. The van der Waals surface area contributed by atoms with E-state index in [0.29, 0.717) is 6.54 Å². The molecule has 2 amide bonds. The zero-order valence-corrected chi connectivity index (χ0v) is 19.4. The third-order valence-corrected chi connectivity index (χ3v) is 6.11. The Morgan fingerprint density at radius 2 is 1.94 bits per heavy atom. The van der Waals surface area contributed by atoms with E-state index in [4.69, 9.17) is 0 Å². The van der Waals surface area contributed by atoms with E-state index >= 15 is 0 Å². The molecule has 0 aliphatic carbocycles. The molecular weight excluding hydrogens is 443 g/mol. The molecule has 1 fully saturated rings. The number of halogens is 3. The molecule has 2 aromatic rings. The highest BCUT2D eigenvalue weighted by Gasteiger charge is 2.38. The van der Waals surface area contributed by atoms with Crippen molar-refractivity contribution in [3.8, 4) is 10.4 Å². The van der Waals surface area contributed by atoms with Gasteiger partial charge >= 0.3 is 6.18 Å². The minimum absolute atomic E-state index is 0.0187. The van der Waals surface area contributed by atoms with Gasteiger partial charge < -0.3 is 15.5 Å². The van der Waals surface area contributed by atoms with Gasteiger partial charge in [0.05, 0.1) is 10.4 Å². The second kappa shape index (κ2) is 8.68. The number of likely N-dealkylation sites (tertiary alicyclic amines) is 1. The summed E-state index contributed by atoms with van der Waals surface area (Å²) < 4.78 is 42.1. The van der Waals surface area contributed by atoms with Crippen LogP contribution in [0.2, 0.25) is 0 Å². The molecule has 11 heteroatoms. The standard InChI is InChI=1S/C21H26F3N5O2S/c1-11-7-6-8-29(11)19(31)15-16(32-18(27-15)17(30)25-5)12-10-26-14(28-20(2,3)4)9-13(12)21(22,23)24/h9-11H,6-8H2,1-5H3,(H,25,30)(H,26,28)/t11-/m0/s1. The van der Waals surface area contributed by atoms with Crippen molar-refractivity contribution >= 4 is 29.0 Å². The van der Waals surface area contributed by atoms with Crippen LogP contribution in [-0.2, 0) is 6.18 Å². The van der Waals surface area contributed by atoms with Gasteiger partial charge in [-0.2, -0.15) is 13.2 Å². The van der Waals surface area contributed by atoms with Crippen LogP contribution in [0.15, 0.2) is 12.3 Å². The molecular formula is C21H26F3N5O2S. The van der Waals surface area contributed by atoms with E-state index in [1.807, 2.05) is 27.7 Å². The topological polar surface area (TPSA) is 87.2 Å². The second-order valence-corrected chi connectivity index (χ2v) is 9.75. The molecule has 1 aliphatic heterocycles. The number of hydrogen-bond donors (Lipinski definition) is 2. The fourth-order valence-corrected chi connectivity index (χ4v) is 4.57. The van der Waals surface area contributed by atoms with Crippen molar-refractivity contribution in [1.29, 1.82) is 0 Å². The zero-order valence-electron chi connectivity index (χ0n) is 18.6. The Kier molecular flexibility index (Phi) is 6.50. The Bertz CT molecular complexity index is 1030. The lowest BCUT2D eigenvalue weighted by Crippen LogP contribution is -2.34. The van der Waals surface area contributed by atoms with E-state index < -0.39 is 29.1 Å². The van der Waals surface area contributed by atoms with Gasteiger partial charge in [-0.05, 0) is 46.6 Å². The van der Waals surface area contributed by atoms with Crippen LogP contribution < -0.4 is 10.6 Å². The van der Waals surface area contributed by atoms with Crippen molar-refractivity contribution in [3.05, 3.63) is 28.5 Å². The van der Waals surface area contributed by atoms with Gasteiger partial charge in [0.25, 0.3) is 11.8 Å². The average molecular weight is 470 g/mol. The quantitative estimate of drug-likeness (QED) is 0.692. The first-order valence-corrected chi connectivity index (χ1v) is 11.0. The Hall–Kier alpha value is -2.69. The van der Waals surface area contributed by atoms with Crippen molar-refractivity contribution in [2.75, 3.05) is 18.9 Å². The molecule has 1 atom stereocenters. The fourth-order valence-electron chi connectivity index (χ4n) is 3.55. The summed E-state index contributed by atoms with van der Waals surface area (Å²) in [4.78, 5) is 35.2. The van der Waals surface area contributed by atoms with Crippen molar-refractivity contribution in [1.82, 2.24) is 20.2 Å². The van der Waals surface area contributed by atoms with Crippen LogP contribution in [0, 0.1) is 0 Å². The minimum Gasteiger partial charge on any atom is -0.365 e. The molecule has 174 valence electrons. The number of amides is 2. The largest absolute Gasteiger partial charge is 0.417 e. The predicted molar refractivity (Wildman–Crippen MR) is 117 cm³/mol. The van der Waals surface area contributed by atoms with Gasteiger partial charge in [-0.25, -0.2) is 9.97 Å². The van der Waals surface area contributed by atoms with Crippen LogP contribution in [0.3, 0.4) is 0 Å². The third kappa shape index (κ3) is 5.03. The lowest BCUT2D eigenvalue weighted by molar-refractivity contribution is -0.137. The van der Waals surface area contributed by atoms with Crippen molar-refractivity contribution in [3.63, 3.8) is 0 Å². The maximum atomic E-state index is 14.0. The minimum atomic E-state index is -4.70. The van der Waals surface area contributed by atoms with Gasteiger partial charge in [0, 0.05) is 36.9 Å². The molecule has 7 nitrogen and oxygen atoms in total. The summed E-state index contributed by atoms with van der Waals surface area (Å²) in [5, 5.41) is 5.26. The number of nitrogens with one attached hydrogen (secondary N) is 2. The maximum absolute atomic E-state index is 14.0. The van der Waals surface area contributed by atoms with E-state index in [-0.39, 0.29) is 33.0 Å². The fraction of sp³-hybridized carbons (Fsp3) is 0.524. The smallest absolute Gasteiger partial charge is 0.365 e. The molecule has 2 aromatic heterocycles. The maximum Gasteiger partial charge on any atom is 0.417 e. The van der Waals surface area contributed by atoms with Gasteiger partial charge in [0.15, 0.2) is 5.01 Å². The molecule has 3 rings (SSSR count). The zero-order chi connectivity index (χ0) is 23.8. The van der Waals surface area contributed by atoms with Gasteiger partial charge in [-0.15, -0.1) is 11.3 Å². The van der Waals surface area contributed by atoms with Crippen LogP contribution in [0.1, 0.15) is 66.4 Å². The number of pyridine rings is 1. The molecule has 0 saturated carbocycles. The normalized spacial score (nSPS) is 16.9. The molecule has 2 N–H and O–H groups in total. The van der Waals surface area contributed by atoms with Crippen LogP contribution in [0.5, 0.6) is 0 Å². The number of hydrogen-bond acceptors (Lipinski definition) is 6. The number of carbonyl (C=O) groups is 2. The number of rotatable bonds is 4. The van der Waals surface area contributed by atoms with Crippen LogP contribution in [-0.4, -0.2) is 51.9 Å². The van der Waals surface area contributed by atoms with Gasteiger partial charge in [0.2, 0.25) is 0 Å². The summed E-state index contributed by atoms with van der Waals surface area (Å²) >= 11 is 0.752.